The van der Waals surface area contributed by atoms with Crippen LogP contribution in [0.25, 0.3) is 0 Å². The molecule has 5 unspecified atom stereocenters. The molecule has 0 fully saturated rings. The van der Waals surface area contributed by atoms with Crippen LogP contribution in [-0.4, -0.2) is 220 Å². The van der Waals surface area contributed by atoms with Crippen LogP contribution in [0.1, 0.15) is 64.2 Å². The van der Waals surface area contributed by atoms with Crippen molar-refractivity contribution in [3.05, 3.63) is 0 Å². The fourth-order valence-corrected chi connectivity index (χ4v) is 3.67. The monoisotopic (exact) mass is 1580 g/mol. The molecule has 0 saturated carbocycles. The van der Waals surface area contributed by atoms with E-state index in [0.717, 1.165) is 0 Å². The second-order valence-corrected chi connectivity index (χ2v) is 12.7. The fourth-order valence-electron chi connectivity index (χ4n) is 3.67. The van der Waals surface area contributed by atoms with Crippen LogP contribution < -0.4 is 0 Å². The SMILES string of the molecule is O=C(O)CC(O)(CC(=O)OO)C(=O)O.O=C(O)CC(O)(CC(=O)OO)C(=O)O.O=C(O)CC(O)(CC(=O)OO)C(=O)O.O=C(O)CC(O)(CC(=O)OO)C(=O)O.O=C(O)CC(O)(CC(=O)OO)C(=O)O.[Ta].[Ta].[Ta]. The molecule has 0 aromatic heterocycles. The molecule has 5 atom stereocenters. The summed E-state index contributed by atoms with van der Waals surface area (Å²) in [6.45, 7) is 0. The molecule has 0 aliphatic carbocycles. The molecule has 0 saturated heterocycles. The molecular formula is C30H40O40Ta3. The number of carboxylic acid groups (broad SMARTS) is 10. The summed E-state index contributed by atoms with van der Waals surface area (Å²) >= 11 is 0. The predicted molar refractivity (Wildman–Crippen MR) is 191 cm³/mol. The Morgan fingerprint density at radius 3 is 0.384 bits per heavy atom. The topological polar surface area (TPSA) is 707 Å². The minimum Gasteiger partial charge on any atom is -0.481 e. The molecule has 73 heavy (non-hydrogen) atoms. The number of carbonyl (C=O) groups is 15. The molecule has 0 bridgehead atoms. The van der Waals surface area contributed by atoms with E-state index in [2.05, 4.69) is 24.4 Å². The molecule has 3 radical (unpaired) electrons. The van der Waals surface area contributed by atoms with Crippen molar-refractivity contribution in [2.24, 2.45) is 0 Å². The zero-order valence-electron chi connectivity index (χ0n) is 35.5. The number of hydrogen-bond donors (Lipinski definition) is 20. The van der Waals surface area contributed by atoms with E-state index in [1.54, 1.807) is 0 Å². The number of rotatable bonds is 25. The van der Waals surface area contributed by atoms with Crippen LogP contribution in [0.15, 0.2) is 0 Å². The zero-order valence-corrected chi connectivity index (χ0v) is 45.2. The zero-order chi connectivity index (χ0) is 56.8. The Bertz CT molecular complexity index is 1620. The summed E-state index contributed by atoms with van der Waals surface area (Å²) in [5.41, 5.74) is -13.9. The van der Waals surface area contributed by atoms with Gasteiger partial charge in [0.2, 0.25) is 0 Å². The van der Waals surface area contributed by atoms with Crippen molar-refractivity contribution in [2.45, 2.75) is 92.2 Å². The molecule has 0 aromatic carbocycles. The van der Waals surface area contributed by atoms with Crippen molar-refractivity contribution in [3.63, 3.8) is 0 Å². The molecule has 0 heterocycles. The molecule has 415 valence electrons. The number of carboxylic acids is 10. The van der Waals surface area contributed by atoms with Crippen LogP contribution in [0.2, 0.25) is 0 Å². The number of aliphatic carboxylic acids is 10. The maximum Gasteiger partial charge on any atom is 0.345 e. The van der Waals surface area contributed by atoms with Gasteiger partial charge in [-0.25, -0.2) is 47.9 Å². The standard InChI is InChI=1S/5C6H8O8.3Ta/c5*7-3(8)1-6(12,5(10)11)2-4(9)14-13;;;/h5*12-13H,1-2H2,(H,7,8)(H,10,11);;;. The Hall–Kier alpha value is -6.13. The third-order valence-corrected chi connectivity index (χ3v) is 6.90. The maximum atomic E-state index is 10.4. The van der Waals surface area contributed by atoms with Gasteiger partial charge in [-0.15, -0.1) is 0 Å². The molecular weight excluding hydrogens is 1540 g/mol. The first kappa shape index (κ1) is 83.7. The summed E-state index contributed by atoms with van der Waals surface area (Å²) in [6, 6.07) is 0. The van der Waals surface area contributed by atoms with Crippen LogP contribution in [0, 0.1) is 0 Å². The Labute approximate surface area is 446 Å². The van der Waals surface area contributed by atoms with Gasteiger partial charge in [-0.3, -0.25) is 24.0 Å². The van der Waals surface area contributed by atoms with Crippen molar-refractivity contribution in [2.75, 3.05) is 0 Å². The third kappa shape index (κ3) is 38.2. The fraction of sp³-hybridized carbons (Fsp3) is 0.500. The molecule has 0 aromatic rings. The summed E-state index contributed by atoms with van der Waals surface area (Å²) in [5, 5.41) is 168. The average molecular weight is 1580 g/mol. The van der Waals surface area contributed by atoms with Crippen molar-refractivity contribution in [1.82, 2.24) is 0 Å². The molecule has 0 aliphatic rings. The molecule has 43 heteroatoms. The second kappa shape index (κ2) is 39.4. The van der Waals surface area contributed by atoms with E-state index in [9.17, 15) is 71.9 Å². The van der Waals surface area contributed by atoms with Gasteiger partial charge in [0, 0.05) is 67.1 Å². The Kier molecular flexibility index (Phi) is 45.2. The van der Waals surface area contributed by atoms with Crippen molar-refractivity contribution >= 4 is 89.5 Å². The molecule has 20 N–H and O–H groups in total. The van der Waals surface area contributed by atoms with Gasteiger partial charge in [-0.1, -0.05) is 0 Å². The van der Waals surface area contributed by atoms with E-state index in [1.807, 2.05) is 0 Å². The average Bonchev–Trinajstić information content (AvgIpc) is 3.19. The minimum atomic E-state index is -2.77. The maximum absolute atomic E-state index is 10.4. The van der Waals surface area contributed by atoms with Crippen LogP contribution in [0.3, 0.4) is 0 Å². The number of aliphatic hydroxyl groups is 5. The Morgan fingerprint density at radius 2 is 0.329 bits per heavy atom. The van der Waals surface area contributed by atoms with E-state index in [1.165, 1.54) is 0 Å². The van der Waals surface area contributed by atoms with Gasteiger partial charge in [-0.2, -0.15) is 26.3 Å². The first-order chi connectivity index (χ1) is 31.6. The van der Waals surface area contributed by atoms with Crippen LogP contribution in [0.4, 0.5) is 0 Å². The van der Waals surface area contributed by atoms with Crippen LogP contribution in [0.5, 0.6) is 0 Å². The van der Waals surface area contributed by atoms with Crippen molar-refractivity contribution in [1.29, 1.82) is 0 Å². The molecule has 0 spiro atoms. The van der Waals surface area contributed by atoms with Gasteiger partial charge in [-0.05, 0) is 0 Å². The largest absolute Gasteiger partial charge is 0.481 e. The molecule has 0 rings (SSSR count). The summed E-state index contributed by atoms with van der Waals surface area (Å²) in [5.74, 6) is -24.6. The Balaban J connectivity index is -0.000000119. The van der Waals surface area contributed by atoms with Gasteiger partial charge < -0.3 is 101 Å². The number of hydrogen-bond acceptors (Lipinski definition) is 30. The molecule has 40 nitrogen and oxygen atoms in total. The van der Waals surface area contributed by atoms with Crippen molar-refractivity contribution < 1.29 is 266 Å². The van der Waals surface area contributed by atoms with Crippen LogP contribution >= 0.6 is 0 Å². The minimum absolute atomic E-state index is 0. The van der Waals surface area contributed by atoms with Crippen molar-refractivity contribution in [3.8, 4) is 0 Å². The smallest absolute Gasteiger partial charge is 0.345 e. The quantitative estimate of drug-likeness (QED) is 0.0230. The van der Waals surface area contributed by atoms with Crippen LogP contribution in [-0.2, 0) is 163 Å². The normalized spacial score (nSPS) is 13.6. The van der Waals surface area contributed by atoms with E-state index < -0.39 is 182 Å². The Morgan fingerprint density at radius 1 is 0.233 bits per heavy atom. The first-order valence-corrected chi connectivity index (χ1v) is 16.7. The van der Waals surface area contributed by atoms with Gasteiger partial charge >= 0.3 is 89.5 Å². The summed E-state index contributed by atoms with van der Waals surface area (Å²) in [7, 11) is 0. The summed E-state index contributed by atoms with van der Waals surface area (Å²) in [6.07, 6.45) is -11.6. The third-order valence-electron chi connectivity index (χ3n) is 6.90. The van der Waals surface area contributed by atoms with Gasteiger partial charge in [0.25, 0.3) is 0 Å². The number of carbonyl (C=O) groups excluding carboxylic acids is 5. The van der Waals surface area contributed by atoms with E-state index in [-0.39, 0.29) is 67.1 Å². The predicted octanol–water partition coefficient (Wildman–Crippen LogP) is -6.59. The molecule has 0 aliphatic heterocycles. The first-order valence-electron chi connectivity index (χ1n) is 16.7. The van der Waals surface area contributed by atoms with E-state index in [0.29, 0.717) is 0 Å². The summed E-state index contributed by atoms with van der Waals surface area (Å²) in [4.78, 5) is 171. The van der Waals surface area contributed by atoms with E-state index in [4.69, 9.17) is 103 Å². The van der Waals surface area contributed by atoms with Gasteiger partial charge in [0.05, 0.1) is 64.2 Å². The second-order valence-electron chi connectivity index (χ2n) is 12.7. The van der Waals surface area contributed by atoms with E-state index >= 15 is 0 Å². The van der Waals surface area contributed by atoms with Gasteiger partial charge in [0.1, 0.15) is 0 Å². The summed E-state index contributed by atoms with van der Waals surface area (Å²) < 4.78 is 0. The molecule has 0 amide bonds. The van der Waals surface area contributed by atoms with Gasteiger partial charge in [0.15, 0.2) is 28.0 Å².